The van der Waals surface area contributed by atoms with Crippen LogP contribution in [-0.2, 0) is 33.7 Å². The summed E-state index contributed by atoms with van der Waals surface area (Å²) in [5, 5.41) is 25.4. The zero-order valence-corrected chi connectivity index (χ0v) is 24.9. The van der Waals surface area contributed by atoms with Gasteiger partial charge in [0.1, 0.15) is 17.2 Å². The van der Waals surface area contributed by atoms with Gasteiger partial charge < -0.3 is 25.8 Å². The van der Waals surface area contributed by atoms with E-state index in [9.17, 15) is 24.3 Å². The largest absolute Gasteiger partial charge is 0.464 e. The number of carbonyl (C=O) groups excluding carboxylic acids is 3. The summed E-state index contributed by atoms with van der Waals surface area (Å²) in [5.74, 6) is -0.840. The summed E-state index contributed by atoms with van der Waals surface area (Å²) in [4.78, 5) is 52.8. The van der Waals surface area contributed by atoms with E-state index in [-0.39, 0.29) is 18.4 Å². The van der Waals surface area contributed by atoms with Crippen LogP contribution in [0.5, 0.6) is 0 Å². The van der Waals surface area contributed by atoms with E-state index in [1.807, 2.05) is 24.3 Å². The van der Waals surface area contributed by atoms with Gasteiger partial charge in [0.15, 0.2) is 0 Å². The molecule has 230 valence electrons. The number of benzene rings is 2. The Bertz CT molecular complexity index is 1320. The minimum absolute atomic E-state index is 0.0741. The van der Waals surface area contributed by atoms with Gasteiger partial charge in [0.25, 0.3) is 0 Å². The first-order valence-electron chi connectivity index (χ1n) is 14.7. The van der Waals surface area contributed by atoms with E-state index in [2.05, 4.69) is 16.0 Å². The van der Waals surface area contributed by atoms with Gasteiger partial charge >= 0.3 is 12.2 Å². The molecule has 1 saturated carbocycles. The quantitative estimate of drug-likeness (QED) is 0.213. The van der Waals surface area contributed by atoms with Crippen LogP contribution in [0.2, 0.25) is 0 Å². The molecule has 1 atom stereocenters. The number of hydrogen-bond acceptors (Lipinski definition) is 6. The first-order chi connectivity index (χ1) is 20.4. The minimum atomic E-state index is -1.28. The van der Waals surface area contributed by atoms with Crippen molar-refractivity contribution >= 4 is 36.0 Å². The Hall–Kier alpha value is -4.41. The molecule has 0 radical (unpaired) electrons. The number of rotatable bonds is 9. The number of carboxylic acid groups (broad SMARTS) is 1. The number of fused-ring (bicyclic) bond motifs is 1. The van der Waals surface area contributed by atoms with Gasteiger partial charge in [0.2, 0.25) is 11.8 Å². The van der Waals surface area contributed by atoms with Crippen LogP contribution in [-0.4, -0.2) is 52.6 Å². The summed E-state index contributed by atoms with van der Waals surface area (Å²) < 4.78 is 5.48. The molecule has 0 aromatic heterocycles. The summed E-state index contributed by atoms with van der Waals surface area (Å²) in [6.45, 7) is 5.44. The van der Waals surface area contributed by atoms with Crippen LogP contribution in [0.25, 0.3) is 0 Å². The Morgan fingerprint density at radius 3 is 2.16 bits per heavy atom. The van der Waals surface area contributed by atoms with E-state index < -0.39 is 35.3 Å². The highest BCUT2D eigenvalue weighted by Crippen LogP contribution is 2.32. The third-order valence-corrected chi connectivity index (χ3v) is 7.98. The lowest BCUT2D eigenvalue weighted by molar-refractivity contribution is -0.135. The Morgan fingerprint density at radius 2 is 1.63 bits per heavy atom. The highest BCUT2D eigenvalue weighted by Gasteiger charge is 2.47. The maximum atomic E-state index is 14.0. The summed E-state index contributed by atoms with van der Waals surface area (Å²) in [7, 11) is 0. The normalized spacial score (nSPS) is 16.7. The number of ether oxygens (including phenoxy) is 1. The third-order valence-electron chi connectivity index (χ3n) is 7.98. The zero-order chi connectivity index (χ0) is 31.2. The molecular weight excluding hydrogens is 550 g/mol. The Balaban J connectivity index is 1.54. The Labute approximate surface area is 251 Å². The summed E-state index contributed by atoms with van der Waals surface area (Å²) in [6.07, 6.45) is 3.96. The molecule has 4 amide bonds. The Kier molecular flexibility index (Phi) is 9.73. The van der Waals surface area contributed by atoms with Crippen molar-refractivity contribution in [3.8, 4) is 0 Å². The molecule has 4 rings (SSSR count). The molecule has 2 aromatic carbocycles. The second-order valence-electron chi connectivity index (χ2n) is 12.3. The predicted octanol–water partition coefficient (Wildman–Crippen LogP) is 4.52. The van der Waals surface area contributed by atoms with E-state index in [1.54, 1.807) is 45.0 Å². The number of nitrogens with one attached hydrogen (secondary N) is 4. The molecule has 0 saturated heterocycles. The van der Waals surface area contributed by atoms with Crippen molar-refractivity contribution in [3.05, 3.63) is 65.2 Å². The number of carbonyl (C=O) groups is 4. The fraction of sp³-hybridized carbons (Fsp3) is 0.469. The van der Waals surface area contributed by atoms with Crippen molar-refractivity contribution < 1.29 is 29.0 Å². The Morgan fingerprint density at radius 1 is 1.02 bits per heavy atom. The molecule has 1 fully saturated rings. The molecule has 2 aliphatic carbocycles. The first kappa shape index (κ1) is 31.5. The standard InChI is InChI=1S/C32H41N5O6/c1-31(2,3)43-29(40)35-26(22-9-5-4-6-10-22)27(38)36-32(17-23-11-7-8-12-24(23)18-32)28(39)34-19-21-13-15-25(16-14-21)37(20-33)30(41)42/h7-8,11-16,20,22,26,33H,4-6,9-10,17-19H2,1-3H3,(H,34,39)(H,35,40)(H,36,38)(H,41,42)/t26-/m1/s1. The average molecular weight is 592 g/mol. The minimum Gasteiger partial charge on any atom is -0.464 e. The van der Waals surface area contributed by atoms with Crippen molar-refractivity contribution in [1.82, 2.24) is 16.0 Å². The molecule has 5 N–H and O–H groups in total. The zero-order valence-electron chi connectivity index (χ0n) is 24.9. The van der Waals surface area contributed by atoms with Crippen LogP contribution >= 0.6 is 0 Å². The van der Waals surface area contributed by atoms with E-state index in [4.69, 9.17) is 10.1 Å². The lowest BCUT2D eigenvalue weighted by atomic mass is 9.83. The van der Waals surface area contributed by atoms with Crippen LogP contribution in [0.15, 0.2) is 48.5 Å². The van der Waals surface area contributed by atoms with E-state index >= 15 is 0 Å². The molecule has 11 nitrogen and oxygen atoms in total. The highest BCUT2D eigenvalue weighted by molar-refractivity contribution is 6.03. The van der Waals surface area contributed by atoms with Crippen LogP contribution < -0.4 is 20.9 Å². The van der Waals surface area contributed by atoms with Gasteiger partial charge in [-0.3, -0.25) is 15.0 Å². The fourth-order valence-electron chi connectivity index (χ4n) is 5.90. The maximum absolute atomic E-state index is 14.0. The smallest absolute Gasteiger partial charge is 0.417 e. The van der Waals surface area contributed by atoms with Crippen LogP contribution in [0.4, 0.5) is 15.3 Å². The molecule has 0 aliphatic heterocycles. The summed E-state index contributed by atoms with van der Waals surface area (Å²) >= 11 is 0. The van der Waals surface area contributed by atoms with Gasteiger partial charge in [-0.1, -0.05) is 55.7 Å². The van der Waals surface area contributed by atoms with Crippen molar-refractivity contribution in [2.24, 2.45) is 5.92 Å². The highest BCUT2D eigenvalue weighted by atomic mass is 16.6. The number of alkyl carbamates (subject to hydrolysis) is 1. The molecule has 2 aliphatic rings. The molecule has 2 aromatic rings. The number of amides is 4. The van der Waals surface area contributed by atoms with E-state index in [1.165, 1.54) is 0 Å². The molecule has 0 heterocycles. The summed E-state index contributed by atoms with van der Waals surface area (Å²) in [6, 6.07) is 13.3. The average Bonchev–Trinajstić information content (AvgIpc) is 3.34. The number of anilines is 1. The van der Waals surface area contributed by atoms with E-state index in [0.717, 1.165) is 53.7 Å². The van der Waals surface area contributed by atoms with Gasteiger partial charge in [-0.2, -0.15) is 0 Å². The molecule has 0 spiro atoms. The van der Waals surface area contributed by atoms with Crippen molar-refractivity contribution in [1.29, 1.82) is 5.41 Å². The lowest BCUT2D eigenvalue weighted by Crippen LogP contribution is -2.64. The predicted molar refractivity (Wildman–Crippen MR) is 162 cm³/mol. The van der Waals surface area contributed by atoms with Crippen LogP contribution in [0.3, 0.4) is 0 Å². The van der Waals surface area contributed by atoms with Gasteiger partial charge in [0.05, 0.1) is 12.0 Å². The molecular formula is C32H41N5O6. The lowest BCUT2D eigenvalue weighted by Gasteiger charge is -2.35. The van der Waals surface area contributed by atoms with Crippen LogP contribution in [0, 0.1) is 11.3 Å². The monoisotopic (exact) mass is 591 g/mol. The summed E-state index contributed by atoms with van der Waals surface area (Å²) in [5.41, 5.74) is 0.975. The van der Waals surface area contributed by atoms with E-state index in [0.29, 0.717) is 24.9 Å². The van der Waals surface area contributed by atoms with Gasteiger partial charge in [-0.25, -0.2) is 14.5 Å². The third kappa shape index (κ3) is 7.91. The van der Waals surface area contributed by atoms with Gasteiger partial charge in [-0.05, 0) is 68.4 Å². The molecule has 0 bridgehead atoms. The van der Waals surface area contributed by atoms with Gasteiger partial charge in [-0.15, -0.1) is 0 Å². The first-order valence-corrected chi connectivity index (χ1v) is 14.7. The van der Waals surface area contributed by atoms with Crippen molar-refractivity contribution in [3.63, 3.8) is 0 Å². The van der Waals surface area contributed by atoms with Crippen molar-refractivity contribution in [2.45, 2.75) is 89.4 Å². The second-order valence-corrected chi connectivity index (χ2v) is 12.3. The molecule has 43 heavy (non-hydrogen) atoms. The van der Waals surface area contributed by atoms with Crippen molar-refractivity contribution in [2.75, 3.05) is 4.90 Å². The topological polar surface area (TPSA) is 161 Å². The molecule has 11 heteroatoms. The number of hydrogen-bond donors (Lipinski definition) is 5. The second kappa shape index (κ2) is 13.3. The SMILES string of the molecule is CC(C)(C)OC(=O)N[C@@H](C(=O)NC1(C(=O)NCc2ccc(N(C=N)C(=O)O)cc2)Cc2ccccc2C1)C1CCCCC1. The number of nitrogens with zero attached hydrogens (tertiary/aromatic N) is 1. The molecule has 0 unspecified atom stereocenters. The fourth-order valence-corrected chi connectivity index (χ4v) is 5.90. The maximum Gasteiger partial charge on any atom is 0.417 e. The van der Waals surface area contributed by atoms with Gasteiger partial charge in [0, 0.05) is 19.4 Å². The van der Waals surface area contributed by atoms with Crippen LogP contribution in [0.1, 0.15) is 69.6 Å².